The fourth-order valence-electron chi connectivity index (χ4n) is 2.34. The quantitative estimate of drug-likeness (QED) is 0.722. The summed E-state index contributed by atoms with van der Waals surface area (Å²) in [5.41, 5.74) is 0.723. The number of allylic oxidation sites excluding steroid dienone is 1. The zero-order chi connectivity index (χ0) is 16.3. The molecular weight excluding hydrogens is 388 g/mol. The van der Waals surface area contributed by atoms with Gasteiger partial charge in [0, 0.05) is 31.8 Å². The number of hydrogen-bond donors (Lipinski definition) is 0. The van der Waals surface area contributed by atoms with E-state index in [0.717, 1.165) is 15.8 Å². The molecule has 1 amide bonds. The largest absolute Gasteiger partial charge is 0.336 e. The molecule has 0 atom stereocenters. The molecule has 1 aliphatic rings. The molecule has 1 saturated heterocycles. The highest BCUT2D eigenvalue weighted by atomic mass is 79.9. The molecule has 0 unspecified atom stereocenters. The predicted molar refractivity (Wildman–Crippen MR) is 91.4 cm³/mol. The minimum absolute atomic E-state index is 0.00207. The second-order valence-corrected chi connectivity index (χ2v) is 9.68. The van der Waals surface area contributed by atoms with Crippen LogP contribution in [0.4, 0.5) is 0 Å². The number of sulfonamides is 1. The Labute approximate surface area is 143 Å². The maximum Gasteiger partial charge on any atom is 0.252 e. The van der Waals surface area contributed by atoms with E-state index in [0.29, 0.717) is 30.4 Å². The Kier molecular flexibility index (Phi) is 5.81. The highest BCUT2D eigenvalue weighted by Crippen LogP contribution is 2.29. The number of carbonyl (C=O) groups excluding carboxylic acids is 1. The zero-order valence-electron chi connectivity index (χ0n) is 12.6. The molecule has 0 spiro atoms. The van der Waals surface area contributed by atoms with Crippen LogP contribution in [0.2, 0.25) is 0 Å². The number of halogens is 1. The molecule has 1 aromatic rings. The molecule has 5 nitrogen and oxygen atoms in total. The van der Waals surface area contributed by atoms with Crippen molar-refractivity contribution in [3.8, 4) is 0 Å². The van der Waals surface area contributed by atoms with E-state index in [4.69, 9.17) is 0 Å². The van der Waals surface area contributed by atoms with Crippen molar-refractivity contribution < 1.29 is 13.2 Å². The summed E-state index contributed by atoms with van der Waals surface area (Å²) in [4.78, 5) is 13.9. The molecule has 8 heteroatoms. The zero-order valence-corrected chi connectivity index (χ0v) is 15.8. The average molecular weight is 407 g/mol. The SMILES string of the molecule is CC/C=C(/C)C(=O)N1CCN(S(=O)(=O)c2ccc(Br)s2)CC1. The number of piperazine rings is 1. The van der Waals surface area contributed by atoms with E-state index < -0.39 is 10.0 Å². The second kappa shape index (κ2) is 7.25. The van der Waals surface area contributed by atoms with Crippen molar-refractivity contribution in [1.29, 1.82) is 0 Å². The molecular formula is C14H19BrN2O3S2. The fourth-order valence-corrected chi connectivity index (χ4v) is 5.92. The topological polar surface area (TPSA) is 57.7 Å². The molecule has 2 rings (SSSR count). The summed E-state index contributed by atoms with van der Waals surface area (Å²) in [5.74, 6) is -0.00207. The van der Waals surface area contributed by atoms with Gasteiger partial charge in [-0.15, -0.1) is 11.3 Å². The van der Waals surface area contributed by atoms with Crippen LogP contribution in [0.3, 0.4) is 0 Å². The van der Waals surface area contributed by atoms with Crippen molar-refractivity contribution in [1.82, 2.24) is 9.21 Å². The van der Waals surface area contributed by atoms with Gasteiger partial charge in [0.15, 0.2) is 0 Å². The van der Waals surface area contributed by atoms with Gasteiger partial charge in [0.1, 0.15) is 4.21 Å². The van der Waals surface area contributed by atoms with E-state index in [1.165, 1.54) is 15.6 Å². The van der Waals surface area contributed by atoms with E-state index in [1.807, 2.05) is 13.0 Å². The molecule has 22 heavy (non-hydrogen) atoms. The van der Waals surface area contributed by atoms with Gasteiger partial charge in [-0.2, -0.15) is 4.31 Å². The number of thiophene rings is 1. The van der Waals surface area contributed by atoms with E-state index in [-0.39, 0.29) is 5.91 Å². The van der Waals surface area contributed by atoms with Gasteiger partial charge in [0.25, 0.3) is 10.0 Å². The molecule has 0 aromatic carbocycles. The van der Waals surface area contributed by atoms with Crippen molar-refractivity contribution in [3.63, 3.8) is 0 Å². The monoisotopic (exact) mass is 406 g/mol. The van der Waals surface area contributed by atoms with Crippen LogP contribution in [0.15, 0.2) is 31.8 Å². The molecule has 0 saturated carbocycles. The van der Waals surface area contributed by atoms with Crippen LogP contribution >= 0.6 is 27.3 Å². The smallest absolute Gasteiger partial charge is 0.252 e. The lowest BCUT2D eigenvalue weighted by atomic mass is 10.2. The number of carbonyl (C=O) groups is 1. The Morgan fingerprint density at radius 1 is 1.32 bits per heavy atom. The summed E-state index contributed by atoms with van der Waals surface area (Å²) in [5, 5.41) is 0. The van der Waals surface area contributed by atoms with Crippen molar-refractivity contribution in [2.45, 2.75) is 24.5 Å². The Hall–Kier alpha value is -0.700. The van der Waals surface area contributed by atoms with Gasteiger partial charge in [-0.3, -0.25) is 4.79 Å². The van der Waals surface area contributed by atoms with E-state index in [9.17, 15) is 13.2 Å². The van der Waals surface area contributed by atoms with Crippen LogP contribution in [-0.2, 0) is 14.8 Å². The van der Waals surface area contributed by atoms with Crippen LogP contribution in [0.25, 0.3) is 0 Å². The summed E-state index contributed by atoms with van der Waals surface area (Å²) >= 11 is 4.49. The minimum atomic E-state index is -3.45. The Morgan fingerprint density at radius 3 is 2.45 bits per heavy atom. The summed E-state index contributed by atoms with van der Waals surface area (Å²) in [6.45, 7) is 5.32. The first kappa shape index (κ1) is 17.7. The lowest BCUT2D eigenvalue weighted by Crippen LogP contribution is -2.50. The van der Waals surface area contributed by atoms with Gasteiger partial charge in [-0.25, -0.2) is 8.42 Å². The van der Waals surface area contributed by atoms with Gasteiger partial charge in [0.2, 0.25) is 5.91 Å². The van der Waals surface area contributed by atoms with Crippen molar-refractivity contribution in [2.75, 3.05) is 26.2 Å². The highest BCUT2D eigenvalue weighted by Gasteiger charge is 2.31. The number of amides is 1. The maximum atomic E-state index is 12.5. The summed E-state index contributed by atoms with van der Waals surface area (Å²) in [7, 11) is -3.45. The van der Waals surface area contributed by atoms with Crippen LogP contribution < -0.4 is 0 Å². The lowest BCUT2D eigenvalue weighted by molar-refractivity contribution is -0.128. The van der Waals surface area contributed by atoms with Crippen LogP contribution in [0, 0.1) is 0 Å². The minimum Gasteiger partial charge on any atom is -0.336 e. The van der Waals surface area contributed by atoms with E-state index in [2.05, 4.69) is 15.9 Å². The van der Waals surface area contributed by atoms with Gasteiger partial charge in [0.05, 0.1) is 3.79 Å². The van der Waals surface area contributed by atoms with E-state index >= 15 is 0 Å². The summed E-state index contributed by atoms with van der Waals surface area (Å²) in [6.07, 6.45) is 2.72. The van der Waals surface area contributed by atoms with Crippen LogP contribution in [-0.4, -0.2) is 49.7 Å². The van der Waals surface area contributed by atoms with Crippen LogP contribution in [0.5, 0.6) is 0 Å². The van der Waals surface area contributed by atoms with Gasteiger partial charge in [-0.1, -0.05) is 13.0 Å². The maximum absolute atomic E-state index is 12.5. The normalized spacial score (nSPS) is 17.8. The summed E-state index contributed by atoms with van der Waals surface area (Å²) in [6, 6.07) is 3.34. The highest BCUT2D eigenvalue weighted by molar-refractivity contribution is 9.11. The number of hydrogen-bond acceptors (Lipinski definition) is 4. The standard InChI is InChI=1S/C14H19BrN2O3S2/c1-3-4-11(2)14(18)16-7-9-17(10-8-16)22(19,20)13-6-5-12(15)21-13/h4-6H,3,7-10H2,1-2H3/b11-4-. The molecule has 0 N–H and O–H groups in total. The Bertz CT molecular complexity index is 674. The Balaban J connectivity index is 2.03. The third-order valence-corrected chi connectivity index (χ3v) is 7.51. The number of nitrogens with zero attached hydrogens (tertiary/aromatic N) is 2. The van der Waals surface area contributed by atoms with Crippen LogP contribution in [0.1, 0.15) is 20.3 Å². The predicted octanol–water partition coefficient (Wildman–Crippen LogP) is 2.70. The second-order valence-electron chi connectivity index (χ2n) is 5.05. The average Bonchev–Trinajstić information content (AvgIpc) is 2.94. The van der Waals surface area contributed by atoms with Crippen molar-refractivity contribution in [3.05, 3.63) is 27.6 Å². The summed E-state index contributed by atoms with van der Waals surface area (Å²) < 4.78 is 27.6. The van der Waals surface area contributed by atoms with Gasteiger partial charge < -0.3 is 4.90 Å². The van der Waals surface area contributed by atoms with Gasteiger partial charge >= 0.3 is 0 Å². The first-order chi connectivity index (χ1) is 10.4. The number of rotatable bonds is 4. The molecule has 122 valence electrons. The first-order valence-corrected chi connectivity index (χ1v) is 10.1. The van der Waals surface area contributed by atoms with Gasteiger partial charge in [-0.05, 0) is 41.4 Å². The molecule has 0 aliphatic carbocycles. The fraction of sp³-hybridized carbons (Fsp3) is 0.500. The molecule has 1 aromatic heterocycles. The lowest BCUT2D eigenvalue weighted by Gasteiger charge is -2.33. The van der Waals surface area contributed by atoms with E-state index in [1.54, 1.807) is 24.0 Å². The van der Waals surface area contributed by atoms with Crippen molar-refractivity contribution in [2.24, 2.45) is 0 Å². The molecule has 0 bridgehead atoms. The van der Waals surface area contributed by atoms with Crippen molar-refractivity contribution >= 4 is 43.2 Å². The molecule has 2 heterocycles. The molecule has 0 radical (unpaired) electrons. The Morgan fingerprint density at radius 2 is 1.95 bits per heavy atom. The third kappa shape index (κ3) is 3.79. The third-order valence-electron chi connectivity index (χ3n) is 3.52. The molecule has 1 aliphatic heterocycles. The first-order valence-electron chi connectivity index (χ1n) is 7.07. The molecule has 1 fully saturated rings.